The maximum atomic E-state index is 4.69. The molecule has 1 N–H and O–H groups in total. The molecule has 28 heavy (non-hydrogen) atoms. The molecular formula is C20H24N8. The number of hydrogen-bond donors (Lipinski definition) is 1. The van der Waals surface area contributed by atoms with Gasteiger partial charge in [0.15, 0.2) is 0 Å². The van der Waals surface area contributed by atoms with Crippen LogP contribution >= 0.6 is 0 Å². The molecule has 1 fully saturated rings. The number of aromatic nitrogens is 4. The molecular weight excluding hydrogens is 352 g/mol. The second-order valence-corrected chi connectivity index (χ2v) is 6.83. The van der Waals surface area contributed by atoms with E-state index in [1.165, 1.54) is 0 Å². The summed E-state index contributed by atoms with van der Waals surface area (Å²) in [5.41, 5.74) is 2.12. The van der Waals surface area contributed by atoms with E-state index in [0.717, 1.165) is 49.3 Å². The first-order chi connectivity index (χ1) is 13.7. The standard InChI is InChI=1S/C20H24N8/c1-26(2)17-6-4-16(5-7-17)24-19-21-11-8-18(25-19)27-12-14-28(15-13-27)20-22-9-3-10-23-20/h3-11H,12-15H2,1-2H3,(H,21,24,25). The average molecular weight is 376 g/mol. The third-order valence-corrected chi connectivity index (χ3v) is 4.72. The van der Waals surface area contributed by atoms with E-state index in [9.17, 15) is 0 Å². The van der Waals surface area contributed by atoms with Crippen molar-refractivity contribution in [2.75, 3.05) is 60.3 Å². The summed E-state index contributed by atoms with van der Waals surface area (Å²) in [6.07, 6.45) is 5.36. The van der Waals surface area contributed by atoms with Crippen LogP contribution in [0.1, 0.15) is 0 Å². The molecule has 2 aromatic heterocycles. The highest BCUT2D eigenvalue weighted by Gasteiger charge is 2.20. The van der Waals surface area contributed by atoms with Crippen molar-refractivity contribution in [1.29, 1.82) is 0 Å². The molecule has 1 saturated heterocycles. The smallest absolute Gasteiger partial charge is 0.229 e. The zero-order valence-electron chi connectivity index (χ0n) is 16.2. The van der Waals surface area contributed by atoms with E-state index < -0.39 is 0 Å². The minimum Gasteiger partial charge on any atom is -0.378 e. The molecule has 1 aliphatic heterocycles. The Bertz CT molecular complexity index is 890. The lowest BCUT2D eigenvalue weighted by Crippen LogP contribution is -2.47. The number of nitrogens with one attached hydrogen (secondary N) is 1. The van der Waals surface area contributed by atoms with Crippen LogP contribution in [0.2, 0.25) is 0 Å². The number of rotatable bonds is 5. The van der Waals surface area contributed by atoms with Gasteiger partial charge in [-0.05, 0) is 36.4 Å². The maximum absolute atomic E-state index is 4.69. The SMILES string of the molecule is CN(C)c1ccc(Nc2nccc(N3CCN(c4ncccn4)CC3)n2)cc1. The Labute approximate surface area is 164 Å². The largest absolute Gasteiger partial charge is 0.378 e. The summed E-state index contributed by atoms with van der Waals surface area (Å²) in [6, 6.07) is 12.0. The molecule has 0 unspecified atom stereocenters. The number of piperazine rings is 1. The molecule has 4 rings (SSSR count). The highest BCUT2D eigenvalue weighted by atomic mass is 15.3. The van der Waals surface area contributed by atoms with Crippen LogP contribution in [0.3, 0.4) is 0 Å². The molecule has 1 aliphatic rings. The summed E-state index contributed by atoms with van der Waals surface area (Å²) in [4.78, 5) is 24.3. The Morgan fingerprint density at radius 1 is 0.821 bits per heavy atom. The van der Waals surface area contributed by atoms with Crippen LogP contribution in [0, 0.1) is 0 Å². The predicted octanol–water partition coefficient (Wildman–Crippen LogP) is 2.40. The van der Waals surface area contributed by atoms with E-state index in [4.69, 9.17) is 4.98 Å². The molecule has 3 heterocycles. The molecule has 0 aliphatic carbocycles. The number of nitrogens with zero attached hydrogens (tertiary/aromatic N) is 7. The van der Waals surface area contributed by atoms with E-state index in [2.05, 4.69) is 47.1 Å². The normalized spacial score (nSPS) is 14.1. The summed E-state index contributed by atoms with van der Waals surface area (Å²) in [5.74, 6) is 2.31. The molecule has 144 valence electrons. The fraction of sp³-hybridized carbons (Fsp3) is 0.300. The molecule has 0 saturated carbocycles. The minimum atomic E-state index is 0.601. The van der Waals surface area contributed by atoms with E-state index in [1.807, 2.05) is 38.4 Å². The Morgan fingerprint density at radius 3 is 2.18 bits per heavy atom. The van der Waals surface area contributed by atoms with E-state index in [-0.39, 0.29) is 0 Å². The van der Waals surface area contributed by atoms with Crippen molar-refractivity contribution >= 4 is 29.1 Å². The lowest BCUT2D eigenvalue weighted by atomic mass is 10.2. The van der Waals surface area contributed by atoms with Crippen LogP contribution in [0.5, 0.6) is 0 Å². The first-order valence-corrected chi connectivity index (χ1v) is 9.33. The van der Waals surface area contributed by atoms with Crippen molar-refractivity contribution in [2.45, 2.75) is 0 Å². The topological polar surface area (TPSA) is 73.3 Å². The van der Waals surface area contributed by atoms with E-state index in [0.29, 0.717) is 5.95 Å². The zero-order chi connectivity index (χ0) is 19.3. The van der Waals surface area contributed by atoms with E-state index >= 15 is 0 Å². The Morgan fingerprint density at radius 2 is 1.50 bits per heavy atom. The molecule has 0 spiro atoms. The van der Waals surface area contributed by atoms with Crippen LogP contribution in [0.4, 0.5) is 29.1 Å². The zero-order valence-corrected chi connectivity index (χ0v) is 16.2. The van der Waals surface area contributed by atoms with Crippen LogP contribution in [-0.4, -0.2) is 60.2 Å². The van der Waals surface area contributed by atoms with Crippen molar-refractivity contribution in [3.05, 3.63) is 55.0 Å². The van der Waals surface area contributed by atoms with Gasteiger partial charge in [-0.2, -0.15) is 4.98 Å². The van der Waals surface area contributed by atoms with Crippen LogP contribution in [-0.2, 0) is 0 Å². The van der Waals surface area contributed by atoms with Gasteiger partial charge in [0.25, 0.3) is 0 Å². The molecule has 3 aromatic rings. The van der Waals surface area contributed by atoms with Gasteiger partial charge in [0, 0.05) is 70.2 Å². The lowest BCUT2D eigenvalue weighted by Gasteiger charge is -2.35. The molecule has 8 nitrogen and oxygen atoms in total. The second-order valence-electron chi connectivity index (χ2n) is 6.83. The van der Waals surface area contributed by atoms with Gasteiger partial charge in [0.2, 0.25) is 11.9 Å². The first-order valence-electron chi connectivity index (χ1n) is 9.33. The van der Waals surface area contributed by atoms with E-state index in [1.54, 1.807) is 18.6 Å². The van der Waals surface area contributed by atoms with Crippen LogP contribution < -0.4 is 20.0 Å². The van der Waals surface area contributed by atoms with Gasteiger partial charge < -0.3 is 20.0 Å². The summed E-state index contributed by atoms with van der Waals surface area (Å²) >= 11 is 0. The van der Waals surface area contributed by atoms with Gasteiger partial charge in [-0.15, -0.1) is 0 Å². The summed E-state index contributed by atoms with van der Waals surface area (Å²) in [6.45, 7) is 3.46. The van der Waals surface area contributed by atoms with Crippen molar-refractivity contribution < 1.29 is 0 Å². The van der Waals surface area contributed by atoms with Crippen LogP contribution in [0.15, 0.2) is 55.0 Å². The van der Waals surface area contributed by atoms with Gasteiger partial charge in [0.05, 0.1) is 0 Å². The van der Waals surface area contributed by atoms with Crippen LogP contribution in [0.25, 0.3) is 0 Å². The minimum absolute atomic E-state index is 0.601. The Kier molecular flexibility index (Phi) is 5.18. The summed E-state index contributed by atoms with van der Waals surface area (Å²) in [7, 11) is 4.05. The van der Waals surface area contributed by atoms with Gasteiger partial charge in [-0.3, -0.25) is 0 Å². The predicted molar refractivity (Wildman–Crippen MR) is 113 cm³/mol. The van der Waals surface area contributed by atoms with Crippen molar-refractivity contribution in [1.82, 2.24) is 19.9 Å². The van der Waals surface area contributed by atoms with Gasteiger partial charge >= 0.3 is 0 Å². The quantitative estimate of drug-likeness (QED) is 0.728. The summed E-state index contributed by atoms with van der Waals surface area (Å²) in [5, 5.41) is 3.29. The molecule has 1 aromatic carbocycles. The number of hydrogen-bond acceptors (Lipinski definition) is 8. The monoisotopic (exact) mass is 376 g/mol. The third-order valence-electron chi connectivity index (χ3n) is 4.72. The lowest BCUT2D eigenvalue weighted by molar-refractivity contribution is 0.634. The van der Waals surface area contributed by atoms with Crippen molar-refractivity contribution in [2.24, 2.45) is 0 Å². The van der Waals surface area contributed by atoms with Gasteiger partial charge in [-0.1, -0.05) is 0 Å². The Hall–Kier alpha value is -3.42. The average Bonchev–Trinajstić information content (AvgIpc) is 2.75. The fourth-order valence-electron chi connectivity index (χ4n) is 3.15. The third kappa shape index (κ3) is 4.11. The maximum Gasteiger partial charge on any atom is 0.229 e. The summed E-state index contributed by atoms with van der Waals surface area (Å²) < 4.78 is 0. The fourth-order valence-corrected chi connectivity index (χ4v) is 3.15. The number of anilines is 5. The number of benzene rings is 1. The molecule has 0 bridgehead atoms. The van der Waals surface area contributed by atoms with Gasteiger partial charge in [0.1, 0.15) is 5.82 Å². The first kappa shape index (κ1) is 18.0. The highest BCUT2D eigenvalue weighted by Crippen LogP contribution is 2.21. The molecule has 0 atom stereocenters. The van der Waals surface area contributed by atoms with Gasteiger partial charge in [-0.25, -0.2) is 15.0 Å². The van der Waals surface area contributed by atoms with Crippen molar-refractivity contribution in [3.63, 3.8) is 0 Å². The second kappa shape index (κ2) is 8.08. The van der Waals surface area contributed by atoms with Crippen molar-refractivity contribution in [3.8, 4) is 0 Å². The molecule has 0 amide bonds. The molecule has 0 radical (unpaired) electrons. The highest BCUT2D eigenvalue weighted by molar-refractivity contribution is 5.59. The molecule has 8 heteroatoms. The Balaban J connectivity index is 1.40.